The molecule has 1 atom stereocenters. The molecule has 8 heteroatoms. The van der Waals surface area contributed by atoms with Crippen molar-refractivity contribution < 1.29 is 9.59 Å². The van der Waals surface area contributed by atoms with E-state index in [-0.39, 0.29) is 11.7 Å². The zero-order valence-electron chi connectivity index (χ0n) is 17.9. The van der Waals surface area contributed by atoms with Gasteiger partial charge >= 0.3 is 0 Å². The normalized spacial score (nSPS) is 11.5. The molecule has 33 heavy (non-hydrogen) atoms. The Morgan fingerprint density at radius 3 is 2.39 bits per heavy atom. The fourth-order valence-corrected chi connectivity index (χ4v) is 5.07. The van der Waals surface area contributed by atoms with Crippen LogP contribution in [0.1, 0.15) is 33.7 Å². The SMILES string of the molecule is CC(=O)c1cccc(NC(=O)[C@H](Sc2nnc(NCc3ccccc3)s2)c2ccccc2)c1. The number of amides is 1. The van der Waals surface area contributed by atoms with Gasteiger partial charge in [0, 0.05) is 17.8 Å². The molecular weight excluding hydrogens is 452 g/mol. The van der Waals surface area contributed by atoms with E-state index >= 15 is 0 Å². The van der Waals surface area contributed by atoms with Crippen molar-refractivity contribution in [2.75, 3.05) is 10.6 Å². The number of ketones is 1. The molecule has 0 aliphatic rings. The Morgan fingerprint density at radius 2 is 1.67 bits per heavy atom. The molecule has 0 unspecified atom stereocenters. The van der Waals surface area contributed by atoms with E-state index in [9.17, 15) is 9.59 Å². The first-order chi connectivity index (χ1) is 16.1. The molecular formula is C25H22N4O2S2. The fraction of sp³-hybridized carbons (Fsp3) is 0.120. The van der Waals surface area contributed by atoms with E-state index in [1.807, 2.05) is 60.7 Å². The van der Waals surface area contributed by atoms with Crippen molar-refractivity contribution in [1.29, 1.82) is 0 Å². The topological polar surface area (TPSA) is 84.0 Å². The van der Waals surface area contributed by atoms with E-state index in [0.29, 0.717) is 27.3 Å². The van der Waals surface area contributed by atoms with E-state index in [2.05, 4.69) is 20.8 Å². The lowest BCUT2D eigenvalue weighted by molar-refractivity contribution is -0.115. The van der Waals surface area contributed by atoms with Gasteiger partial charge in [0.2, 0.25) is 11.0 Å². The molecule has 3 aromatic carbocycles. The number of carbonyl (C=O) groups excluding carboxylic acids is 2. The molecule has 0 fully saturated rings. The highest BCUT2D eigenvalue weighted by molar-refractivity contribution is 8.02. The standard InChI is InChI=1S/C25H22N4O2S2/c1-17(30)20-13-8-14-21(15-20)27-23(31)22(19-11-6-3-7-12-19)32-25-29-28-24(33-25)26-16-18-9-4-2-5-10-18/h2-15,22H,16H2,1H3,(H,26,28)(H,27,31)/t22-/m1/s1. The van der Waals surface area contributed by atoms with Gasteiger partial charge in [-0.1, -0.05) is 95.9 Å². The van der Waals surface area contributed by atoms with E-state index in [1.54, 1.807) is 24.3 Å². The highest BCUT2D eigenvalue weighted by Crippen LogP contribution is 2.38. The summed E-state index contributed by atoms with van der Waals surface area (Å²) in [4.78, 5) is 24.9. The lowest BCUT2D eigenvalue weighted by Gasteiger charge is -2.16. The number of thioether (sulfide) groups is 1. The summed E-state index contributed by atoms with van der Waals surface area (Å²) in [5, 5.41) is 14.9. The molecule has 6 nitrogen and oxygen atoms in total. The van der Waals surface area contributed by atoms with Gasteiger partial charge in [-0.05, 0) is 30.2 Å². The number of nitrogens with zero attached hydrogens (tertiary/aromatic N) is 2. The maximum atomic E-state index is 13.2. The molecule has 0 radical (unpaired) electrons. The van der Waals surface area contributed by atoms with Gasteiger partial charge in [0.25, 0.3) is 0 Å². The molecule has 0 bridgehead atoms. The van der Waals surface area contributed by atoms with Crippen LogP contribution in [0.2, 0.25) is 0 Å². The Balaban J connectivity index is 1.49. The van der Waals surface area contributed by atoms with Crippen LogP contribution in [0.4, 0.5) is 10.8 Å². The van der Waals surface area contributed by atoms with Crippen LogP contribution in [0.5, 0.6) is 0 Å². The van der Waals surface area contributed by atoms with E-state index in [1.165, 1.54) is 30.0 Å². The smallest absolute Gasteiger partial charge is 0.242 e. The quantitative estimate of drug-likeness (QED) is 0.235. The number of aromatic nitrogens is 2. The highest BCUT2D eigenvalue weighted by atomic mass is 32.2. The summed E-state index contributed by atoms with van der Waals surface area (Å²) in [6, 6.07) is 26.5. The maximum Gasteiger partial charge on any atom is 0.242 e. The molecule has 0 saturated heterocycles. The molecule has 4 aromatic rings. The van der Waals surface area contributed by atoms with Gasteiger partial charge < -0.3 is 10.6 Å². The molecule has 166 valence electrons. The second-order valence-corrected chi connectivity index (χ2v) is 9.58. The molecule has 1 amide bonds. The largest absolute Gasteiger partial charge is 0.356 e. The molecule has 2 N–H and O–H groups in total. The Hall–Kier alpha value is -3.49. The van der Waals surface area contributed by atoms with Gasteiger partial charge in [0.15, 0.2) is 10.1 Å². The molecule has 4 rings (SSSR count). The van der Waals surface area contributed by atoms with Gasteiger partial charge in [-0.2, -0.15) is 0 Å². The lowest BCUT2D eigenvalue weighted by atomic mass is 10.1. The third kappa shape index (κ3) is 6.27. The minimum Gasteiger partial charge on any atom is -0.356 e. The lowest BCUT2D eigenvalue weighted by Crippen LogP contribution is -2.19. The van der Waals surface area contributed by atoms with Gasteiger partial charge in [-0.25, -0.2) is 0 Å². The number of rotatable bonds is 9. The van der Waals surface area contributed by atoms with Gasteiger partial charge in [-0.3, -0.25) is 9.59 Å². The number of hydrogen-bond acceptors (Lipinski definition) is 7. The van der Waals surface area contributed by atoms with Crippen molar-refractivity contribution in [3.63, 3.8) is 0 Å². The predicted molar refractivity (Wildman–Crippen MR) is 134 cm³/mol. The van der Waals surface area contributed by atoms with Crippen molar-refractivity contribution in [1.82, 2.24) is 10.2 Å². The Kier molecular flexibility index (Phi) is 7.49. The van der Waals surface area contributed by atoms with Crippen LogP contribution in [0, 0.1) is 0 Å². The van der Waals surface area contributed by atoms with Crippen molar-refractivity contribution in [3.8, 4) is 0 Å². The molecule has 1 heterocycles. The van der Waals surface area contributed by atoms with Crippen LogP contribution in [0.25, 0.3) is 0 Å². The summed E-state index contributed by atoms with van der Waals surface area (Å²) in [6.07, 6.45) is 0. The van der Waals surface area contributed by atoms with Crippen molar-refractivity contribution in [2.24, 2.45) is 0 Å². The average molecular weight is 475 g/mol. The molecule has 0 spiro atoms. The van der Waals surface area contributed by atoms with Crippen molar-refractivity contribution >= 4 is 45.6 Å². The number of anilines is 2. The molecule has 1 aromatic heterocycles. The van der Waals surface area contributed by atoms with Crippen LogP contribution in [0.3, 0.4) is 0 Å². The summed E-state index contributed by atoms with van der Waals surface area (Å²) in [6.45, 7) is 2.15. The second kappa shape index (κ2) is 10.9. The Bertz CT molecular complexity index is 1230. The average Bonchev–Trinajstić information content (AvgIpc) is 3.30. The predicted octanol–water partition coefficient (Wildman–Crippen LogP) is 5.82. The summed E-state index contributed by atoms with van der Waals surface area (Å²) in [5.74, 6) is -0.245. The fourth-order valence-electron chi connectivity index (χ4n) is 3.13. The molecule has 0 aliphatic carbocycles. The zero-order valence-corrected chi connectivity index (χ0v) is 19.5. The van der Waals surface area contributed by atoms with Crippen molar-refractivity contribution in [3.05, 3.63) is 102 Å². The number of hydrogen-bond donors (Lipinski definition) is 2. The Labute approximate surface area is 200 Å². The summed E-state index contributed by atoms with van der Waals surface area (Å²) in [5.41, 5.74) is 3.14. The van der Waals surface area contributed by atoms with Crippen LogP contribution in [-0.2, 0) is 11.3 Å². The number of benzene rings is 3. The number of Topliss-reactive ketones (excluding diaryl/α,β-unsaturated/α-hetero) is 1. The summed E-state index contributed by atoms with van der Waals surface area (Å²) >= 11 is 2.76. The monoisotopic (exact) mass is 474 g/mol. The third-order valence-electron chi connectivity index (χ3n) is 4.79. The minimum atomic E-state index is -0.526. The van der Waals surface area contributed by atoms with Gasteiger partial charge in [0.05, 0.1) is 0 Å². The Morgan fingerprint density at radius 1 is 0.939 bits per heavy atom. The van der Waals surface area contributed by atoms with Crippen LogP contribution in [0.15, 0.2) is 89.3 Å². The first kappa shape index (κ1) is 22.7. The van der Waals surface area contributed by atoms with E-state index in [0.717, 1.165) is 11.1 Å². The van der Waals surface area contributed by atoms with Crippen LogP contribution < -0.4 is 10.6 Å². The minimum absolute atomic E-state index is 0.0514. The van der Waals surface area contributed by atoms with E-state index in [4.69, 9.17) is 0 Å². The van der Waals surface area contributed by atoms with E-state index < -0.39 is 5.25 Å². The van der Waals surface area contributed by atoms with Crippen LogP contribution in [-0.4, -0.2) is 21.9 Å². The van der Waals surface area contributed by atoms with Crippen molar-refractivity contribution in [2.45, 2.75) is 23.1 Å². The first-order valence-electron chi connectivity index (χ1n) is 10.3. The van der Waals surface area contributed by atoms with Gasteiger partial charge in [0.1, 0.15) is 5.25 Å². The first-order valence-corrected chi connectivity index (χ1v) is 12.0. The highest BCUT2D eigenvalue weighted by Gasteiger charge is 2.24. The second-order valence-electron chi connectivity index (χ2n) is 7.25. The van der Waals surface area contributed by atoms with Gasteiger partial charge in [-0.15, -0.1) is 10.2 Å². The third-order valence-corrected chi connectivity index (χ3v) is 7.01. The number of carbonyl (C=O) groups is 2. The van der Waals surface area contributed by atoms with Crippen LogP contribution >= 0.6 is 23.1 Å². The zero-order chi connectivity index (χ0) is 23.0. The summed E-state index contributed by atoms with van der Waals surface area (Å²) in [7, 11) is 0. The molecule has 0 aliphatic heterocycles. The summed E-state index contributed by atoms with van der Waals surface area (Å²) < 4.78 is 0.687. The molecule has 0 saturated carbocycles. The number of nitrogens with one attached hydrogen (secondary N) is 2. The maximum absolute atomic E-state index is 13.2.